The lowest BCUT2D eigenvalue weighted by Crippen LogP contribution is -2.46. The molecule has 0 saturated carbocycles. The van der Waals surface area contributed by atoms with Crippen molar-refractivity contribution in [3.63, 3.8) is 0 Å². The molecule has 1 aliphatic heterocycles. The number of carboxylic acids is 2. The van der Waals surface area contributed by atoms with Crippen molar-refractivity contribution in [3.8, 4) is 0 Å². The number of hydrogen-bond acceptors (Lipinski definition) is 4. The Balaban J connectivity index is 2.60. The quantitative estimate of drug-likeness (QED) is 0.705. The molecule has 2 atom stereocenters. The van der Waals surface area contributed by atoms with E-state index in [0.717, 1.165) is 6.42 Å². The van der Waals surface area contributed by atoms with Crippen LogP contribution in [-0.2, 0) is 14.3 Å². The molecule has 2 unspecified atom stereocenters. The molecule has 6 nitrogen and oxygen atoms in total. The molecule has 0 bridgehead atoms. The number of ether oxygens (including phenoxy) is 1. The van der Waals surface area contributed by atoms with Crippen molar-refractivity contribution in [3.05, 3.63) is 0 Å². The topological polar surface area (TPSA) is 87.1 Å². The average molecular weight is 245 g/mol. The Morgan fingerprint density at radius 2 is 1.88 bits per heavy atom. The number of carboxylic acid groups (broad SMARTS) is 2. The number of carbonyl (C=O) groups is 2. The third kappa shape index (κ3) is 4.70. The largest absolute Gasteiger partial charge is 0.480 e. The first kappa shape index (κ1) is 13.9. The fraction of sp³-hybridized carbons (Fsp3) is 0.818. The Morgan fingerprint density at radius 1 is 1.29 bits per heavy atom. The molecule has 0 aromatic rings. The zero-order valence-electron chi connectivity index (χ0n) is 9.96. The van der Waals surface area contributed by atoms with Crippen molar-refractivity contribution in [2.45, 2.75) is 38.3 Å². The van der Waals surface area contributed by atoms with E-state index in [1.54, 1.807) is 0 Å². The van der Waals surface area contributed by atoms with Gasteiger partial charge in [0.05, 0.1) is 19.2 Å². The highest BCUT2D eigenvalue weighted by Crippen LogP contribution is 2.20. The smallest absolute Gasteiger partial charge is 0.317 e. The lowest BCUT2D eigenvalue weighted by Gasteiger charge is -2.35. The van der Waals surface area contributed by atoms with Gasteiger partial charge in [0, 0.05) is 12.6 Å². The van der Waals surface area contributed by atoms with Gasteiger partial charge < -0.3 is 14.9 Å². The minimum atomic E-state index is -0.995. The van der Waals surface area contributed by atoms with Crippen molar-refractivity contribution in [2.24, 2.45) is 0 Å². The second-order valence-electron chi connectivity index (χ2n) is 4.27. The van der Waals surface area contributed by atoms with Crippen LogP contribution in [0.15, 0.2) is 0 Å². The summed E-state index contributed by atoms with van der Waals surface area (Å²) in [6.07, 6.45) is 2.37. The fourth-order valence-electron chi connectivity index (χ4n) is 2.14. The van der Waals surface area contributed by atoms with Gasteiger partial charge in [-0.15, -0.1) is 0 Å². The monoisotopic (exact) mass is 245 g/mol. The van der Waals surface area contributed by atoms with Crippen LogP contribution < -0.4 is 0 Å². The Bertz CT molecular complexity index is 265. The summed E-state index contributed by atoms with van der Waals surface area (Å²) in [6.45, 7) is 2.12. The van der Waals surface area contributed by atoms with Crippen LogP contribution in [0.4, 0.5) is 0 Å². The molecule has 98 valence electrons. The van der Waals surface area contributed by atoms with E-state index in [4.69, 9.17) is 14.9 Å². The van der Waals surface area contributed by atoms with E-state index in [2.05, 4.69) is 0 Å². The molecule has 0 aliphatic carbocycles. The minimum Gasteiger partial charge on any atom is -0.480 e. The maximum atomic E-state index is 10.7. The van der Waals surface area contributed by atoms with Gasteiger partial charge in [-0.3, -0.25) is 14.5 Å². The summed E-state index contributed by atoms with van der Waals surface area (Å²) in [7, 11) is 0. The predicted molar refractivity (Wildman–Crippen MR) is 59.9 cm³/mol. The molecule has 1 saturated heterocycles. The van der Waals surface area contributed by atoms with Crippen molar-refractivity contribution < 1.29 is 24.5 Å². The first-order valence-electron chi connectivity index (χ1n) is 5.82. The van der Waals surface area contributed by atoms with Crippen molar-refractivity contribution in [2.75, 3.05) is 19.7 Å². The lowest BCUT2D eigenvalue weighted by molar-refractivity contribution is -0.144. The van der Waals surface area contributed by atoms with Gasteiger partial charge in [0.1, 0.15) is 0 Å². The van der Waals surface area contributed by atoms with E-state index in [1.165, 1.54) is 4.90 Å². The second-order valence-corrected chi connectivity index (χ2v) is 4.27. The average Bonchev–Trinajstić information content (AvgIpc) is 2.27. The summed E-state index contributed by atoms with van der Waals surface area (Å²) < 4.78 is 5.50. The van der Waals surface area contributed by atoms with Gasteiger partial charge in [-0.2, -0.15) is 0 Å². The number of aliphatic carboxylic acids is 2. The molecule has 0 aromatic carbocycles. The zero-order valence-corrected chi connectivity index (χ0v) is 9.96. The van der Waals surface area contributed by atoms with Crippen LogP contribution in [0.1, 0.15) is 26.2 Å². The van der Waals surface area contributed by atoms with Gasteiger partial charge in [0.2, 0.25) is 0 Å². The maximum Gasteiger partial charge on any atom is 0.317 e. The maximum absolute atomic E-state index is 10.7. The van der Waals surface area contributed by atoms with Crippen molar-refractivity contribution in [1.29, 1.82) is 0 Å². The van der Waals surface area contributed by atoms with Gasteiger partial charge in [0.25, 0.3) is 0 Å². The lowest BCUT2D eigenvalue weighted by atomic mass is 10.00. The highest BCUT2D eigenvalue weighted by Gasteiger charge is 2.28. The van der Waals surface area contributed by atoms with Crippen LogP contribution in [0.3, 0.4) is 0 Å². The molecule has 0 spiro atoms. The SMILES string of the molecule is CCC1CC(N(CC(=O)O)CC(=O)O)CCO1. The third-order valence-electron chi connectivity index (χ3n) is 2.99. The van der Waals surface area contributed by atoms with E-state index in [-0.39, 0.29) is 25.2 Å². The van der Waals surface area contributed by atoms with Crippen LogP contribution >= 0.6 is 0 Å². The van der Waals surface area contributed by atoms with Crippen LogP contribution in [0, 0.1) is 0 Å². The van der Waals surface area contributed by atoms with Crippen molar-refractivity contribution >= 4 is 11.9 Å². The van der Waals surface area contributed by atoms with E-state index in [9.17, 15) is 9.59 Å². The molecule has 0 radical (unpaired) electrons. The predicted octanol–water partition coefficient (Wildman–Crippen LogP) is 0.415. The summed E-state index contributed by atoms with van der Waals surface area (Å²) >= 11 is 0. The van der Waals surface area contributed by atoms with Gasteiger partial charge >= 0.3 is 11.9 Å². The van der Waals surface area contributed by atoms with E-state index >= 15 is 0 Å². The second kappa shape index (κ2) is 6.56. The minimum absolute atomic E-state index is 0.0131. The third-order valence-corrected chi connectivity index (χ3v) is 2.99. The highest BCUT2D eigenvalue weighted by atomic mass is 16.5. The Morgan fingerprint density at radius 3 is 2.35 bits per heavy atom. The van der Waals surface area contributed by atoms with E-state index < -0.39 is 11.9 Å². The summed E-state index contributed by atoms with van der Waals surface area (Å²) in [5.41, 5.74) is 0. The molecule has 6 heteroatoms. The normalized spacial score (nSPS) is 24.8. The number of rotatable bonds is 6. The van der Waals surface area contributed by atoms with Crippen LogP contribution in [-0.4, -0.2) is 58.9 Å². The molecule has 1 rings (SSSR count). The van der Waals surface area contributed by atoms with Crippen LogP contribution in [0.25, 0.3) is 0 Å². The summed E-state index contributed by atoms with van der Waals surface area (Å²) in [5, 5.41) is 17.6. The van der Waals surface area contributed by atoms with Crippen LogP contribution in [0.5, 0.6) is 0 Å². The van der Waals surface area contributed by atoms with Crippen molar-refractivity contribution in [1.82, 2.24) is 4.90 Å². The highest BCUT2D eigenvalue weighted by molar-refractivity contribution is 5.72. The molecule has 1 fully saturated rings. The number of nitrogens with zero attached hydrogens (tertiary/aromatic N) is 1. The molecule has 1 aliphatic rings. The van der Waals surface area contributed by atoms with Crippen LogP contribution in [0.2, 0.25) is 0 Å². The Kier molecular flexibility index (Phi) is 5.37. The number of hydrogen-bond donors (Lipinski definition) is 2. The Hall–Kier alpha value is -1.14. The Labute approximate surface area is 100 Å². The van der Waals surface area contributed by atoms with E-state index in [0.29, 0.717) is 19.4 Å². The molecule has 17 heavy (non-hydrogen) atoms. The van der Waals surface area contributed by atoms with Gasteiger partial charge in [-0.25, -0.2) is 0 Å². The summed E-state index contributed by atoms with van der Waals surface area (Å²) in [4.78, 5) is 22.9. The summed E-state index contributed by atoms with van der Waals surface area (Å²) in [5.74, 6) is -1.99. The van der Waals surface area contributed by atoms with E-state index in [1.807, 2.05) is 6.92 Å². The zero-order chi connectivity index (χ0) is 12.8. The van der Waals surface area contributed by atoms with Gasteiger partial charge in [0.15, 0.2) is 0 Å². The molecular weight excluding hydrogens is 226 g/mol. The molecule has 2 N–H and O–H groups in total. The summed E-state index contributed by atoms with van der Waals surface area (Å²) in [6, 6.07) is -0.0131. The van der Waals surface area contributed by atoms with Gasteiger partial charge in [-0.1, -0.05) is 6.92 Å². The molecular formula is C11H19NO5. The van der Waals surface area contributed by atoms with Gasteiger partial charge in [-0.05, 0) is 19.3 Å². The molecule has 0 amide bonds. The standard InChI is InChI=1S/C11H19NO5/c1-2-9-5-8(3-4-17-9)12(6-10(13)14)7-11(15)16/h8-9H,2-7H2,1H3,(H,13,14)(H,15,16). The fourth-order valence-corrected chi connectivity index (χ4v) is 2.14. The first-order valence-corrected chi connectivity index (χ1v) is 5.82. The molecule has 0 aromatic heterocycles. The first-order chi connectivity index (χ1) is 8.02. The molecule has 1 heterocycles.